The first-order chi connectivity index (χ1) is 8.47. The monoisotopic (exact) mass is 252 g/mol. The standard InChI is InChI=1S/C12H16N2O4/c1-8-9(11(16)17)4-3-5-10(8)13-12(18)14(2)6-7-15/h3-5,15H,6-7H2,1-2H3,(H,13,18)(H,16,17). The number of nitrogens with zero attached hydrogens (tertiary/aromatic N) is 1. The molecule has 0 aliphatic carbocycles. The lowest BCUT2D eigenvalue weighted by atomic mass is 10.1. The molecule has 0 aliphatic heterocycles. The van der Waals surface area contributed by atoms with Gasteiger partial charge in [-0.3, -0.25) is 0 Å². The number of aliphatic hydroxyl groups excluding tert-OH is 1. The maximum Gasteiger partial charge on any atom is 0.336 e. The molecular formula is C12H16N2O4. The van der Waals surface area contributed by atoms with Gasteiger partial charge in [-0.05, 0) is 24.6 Å². The molecule has 0 saturated heterocycles. The third kappa shape index (κ3) is 3.21. The maximum absolute atomic E-state index is 11.7. The first kappa shape index (κ1) is 14.0. The van der Waals surface area contributed by atoms with Crippen molar-refractivity contribution in [3.05, 3.63) is 29.3 Å². The summed E-state index contributed by atoms with van der Waals surface area (Å²) in [6, 6.07) is 4.28. The molecular weight excluding hydrogens is 236 g/mol. The van der Waals surface area contributed by atoms with Gasteiger partial charge in [-0.1, -0.05) is 6.07 Å². The van der Waals surface area contributed by atoms with Crippen LogP contribution in [0.25, 0.3) is 0 Å². The van der Waals surface area contributed by atoms with Crippen molar-refractivity contribution in [2.24, 2.45) is 0 Å². The first-order valence-corrected chi connectivity index (χ1v) is 5.43. The van der Waals surface area contributed by atoms with Crippen LogP contribution in [0.1, 0.15) is 15.9 Å². The van der Waals surface area contributed by atoms with Crippen LogP contribution in [0.5, 0.6) is 0 Å². The summed E-state index contributed by atoms with van der Waals surface area (Å²) < 4.78 is 0. The van der Waals surface area contributed by atoms with Crippen molar-refractivity contribution in [1.29, 1.82) is 0 Å². The second-order valence-corrected chi connectivity index (χ2v) is 3.86. The lowest BCUT2D eigenvalue weighted by Crippen LogP contribution is -2.33. The molecule has 18 heavy (non-hydrogen) atoms. The fraction of sp³-hybridized carbons (Fsp3) is 0.333. The smallest absolute Gasteiger partial charge is 0.336 e. The maximum atomic E-state index is 11.7. The normalized spacial score (nSPS) is 9.94. The minimum absolute atomic E-state index is 0.127. The second kappa shape index (κ2) is 6.02. The highest BCUT2D eigenvalue weighted by Crippen LogP contribution is 2.19. The van der Waals surface area contributed by atoms with Crippen LogP contribution >= 0.6 is 0 Å². The highest BCUT2D eigenvalue weighted by Gasteiger charge is 2.13. The SMILES string of the molecule is Cc1c(NC(=O)N(C)CCO)cccc1C(=O)O. The van der Waals surface area contributed by atoms with Crippen molar-refractivity contribution in [2.45, 2.75) is 6.92 Å². The van der Waals surface area contributed by atoms with Gasteiger partial charge >= 0.3 is 12.0 Å². The highest BCUT2D eigenvalue weighted by molar-refractivity contribution is 5.95. The molecule has 1 aromatic rings. The predicted molar refractivity (Wildman–Crippen MR) is 66.9 cm³/mol. The molecule has 0 atom stereocenters. The van der Waals surface area contributed by atoms with Crippen LogP contribution in [0, 0.1) is 6.92 Å². The van der Waals surface area contributed by atoms with Crippen molar-refractivity contribution in [2.75, 3.05) is 25.5 Å². The number of carboxylic acids is 1. The predicted octanol–water partition coefficient (Wildman–Crippen LogP) is 1.15. The number of anilines is 1. The molecule has 0 heterocycles. The Bertz CT molecular complexity index is 459. The van der Waals surface area contributed by atoms with E-state index in [0.29, 0.717) is 11.3 Å². The van der Waals surface area contributed by atoms with E-state index in [9.17, 15) is 9.59 Å². The Morgan fingerprint density at radius 1 is 1.39 bits per heavy atom. The number of rotatable bonds is 4. The summed E-state index contributed by atoms with van der Waals surface area (Å²) in [6.07, 6.45) is 0. The number of hydrogen-bond acceptors (Lipinski definition) is 3. The fourth-order valence-corrected chi connectivity index (χ4v) is 1.46. The zero-order chi connectivity index (χ0) is 13.7. The van der Waals surface area contributed by atoms with E-state index >= 15 is 0 Å². The first-order valence-electron chi connectivity index (χ1n) is 5.43. The molecule has 0 bridgehead atoms. The largest absolute Gasteiger partial charge is 0.478 e. The molecule has 6 heteroatoms. The molecule has 6 nitrogen and oxygen atoms in total. The lowest BCUT2D eigenvalue weighted by Gasteiger charge is -2.18. The Balaban J connectivity index is 2.88. The summed E-state index contributed by atoms with van der Waals surface area (Å²) in [7, 11) is 1.54. The molecule has 0 spiro atoms. The molecule has 0 fully saturated rings. The van der Waals surface area contributed by atoms with Gasteiger partial charge in [0, 0.05) is 19.3 Å². The highest BCUT2D eigenvalue weighted by atomic mass is 16.4. The van der Waals surface area contributed by atoms with Crippen LogP contribution in [-0.2, 0) is 0 Å². The van der Waals surface area contributed by atoms with Gasteiger partial charge in [-0.25, -0.2) is 9.59 Å². The van der Waals surface area contributed by atoms with Crippen molar-refractivity contribution >= 4 is 17.7 Å². The number of carbonyl (C=O) groups excluding carboxylic acids is 1. The minimum atomic E-state index is -1.03. The second-order valence-electron chi connectivity index (χ2n) is 3.86. The topological polar surface area (TPSA) is 89.9 Å². The van der Waals surface area contributed by atoms with Gasteiger partial charge in [0.25, 0.3) is 0 Å². The van der Waals surface area contributed by atoms with E-state index in [1.54, 1.807) is 26.1 Å². The number of carbonyl (C=O) groups is 2. The van der Waals surface area contributed by atoms with E-state index in [1.165, 1.54) is 11.0 Å². The molecule has 0 radical (unpaired) electrons. The molecule has 2 amide bonds. The Hall–Kier alpha value is -2.08. The van der Waals surface area contributed by atoms with E-state index in [1.807, 2.05) is 0 Å². The van der Waals surface area contributed by atoms with E-state index in [0.717, 1.165) is 0 Å². The Morgan fingerprint density at radius 3 is 2.61 bits per heavy atom. The van der Waals surface area contributed by atoms with Crippen LogP contribution in [0.2, 0.25) is 0 Å². The van der Waals surface area contributed by atoms with Gasteiger partial charge in [-0.15, -0.1) is 0 Å². The van der Waals surface area contributed by atoms with Crippen LogP contribution in [-0.4, -0.2) is 47.3 Å². The Morgan fingerprint density at radius 2 is 2.06 bits per heavy atom. The number of carboxylic acid groups (broad SMARTS) is 1. The molecule has 0 saturated carbocycles. The van der Waals surface area contributed by atoms with Gasteiger partial charge in [0.1, 0.15) is 0 Å². The zero-order valence-electron chi connectivity index (χ0n) is 10.3. The Labute approximate surface area is 105 Å². The lowest BCUT2D eigenvalue weighted by molar-refractivity contribution is 0.0696. The molecule has 0 unspecified atom stereocenters. The van der Waals surface area contributed by atoms with Gasteiger partial charge in [0.05, 0.1) is 12.2 Å². The number of amides is 2. The van der Waals surface area contributed by atoms with E-state index < -0.39 is 12.0 Å². The summed E-state index contributed by atoms with van der Waals surface area (Å²) in [5.41, 5.74) is 1.10. The number of nitrogens with one attached hydrogen (secondary N) is 1. The number of aliphatic hydroxyl groups is 1. The van der Waals surface area contributed by atoms with Crippen molar-refractivity contribution in [3.8, 4) is 0 Å². The summed E-state index contributed by atoms with van der Waals surface area (Å²) in [5, 5.41) is 20.3. The van der Waals surface area contributed by atoms with Gasteiger partial charge in [0.2, 0.25) is 0 Å². The fourth-order valence-electron chi connectivity index (χ4n) is 1.46. The molecule has 0 aliphatic rings. The summed E-state index contributed by atoms with van der Waals surface area (Å²) in [4.78, 5) is 23.9. The number of likely N-dealkylation sites (N-methyl/N-ethyl adjacent to an activating group) is 1. The van der Waals surface area contributed by atoms with Crippen molar-refractivity contribution in [1.82, 2.24) is 4.90 Å². The number of hydrogen-bond donors (Lipinski definition) is 3. The van der Waals surface area contributed by atoms with Crippen LogP contribution in [0.3, 0.4) is 0 Å². The van der Waals surface area contributed by atoms with E-state index in [-0.39, 0.29) is 18.7 Å². The van der Waals surface area contributed by atoms with E-state index in [2.05, 4.69) is 5.32 Å². The van der Waals surface area contributed by atoms with Gasteiger partial charge in [0.15, 0.2) is 0 Å². The molecule has 3 N–H and O–H groups in total. The third-order valence-electron chi connectivity index (χ3n) is 2.59. The zero-order valence-corrected chi connectivity index (χ0v) is 10.3. The van der Waals surface area contributed by atoms with Gasteiger partial charge < -0.3 is 20.4 Å². The quantitative estimate of drug-likeness (QED) is 0.749. The summed E-state index contributed by atoms with van der Waals surface area (Å²) >= 11 is 0. The van der Waals surface area contributed by atoms with E-state index in [4.69, 9.17) is 10.2 Å². The number of aromatic carboxylic acids is 1. The van der Waals surface area contributed by atoms with Crippen LogP contribution < -0.4 is 5.32 Å². The van der Waals surface area contributed by atoms with Crippen LogP contribution in [0.4, 0.5) is 10.5 Å². The van der Waals surface area contributed by atoms with Gasteiger partial charge in [-0.2, -0.15) is 0 Å². The number of benzene rings is 1. The van der Waals surface area contributed by atoms with Crippen LogP contribution in [0.15, 0.2) is 18.2 Å². The molecule has 0 aromatic heterocycles. The average Bonchev–Trinajstić information content (AvgIpc) is 2.31. The molecule has 1 rings (SSSR count). The molecule has 98 valence electrons. The molecule has 1 aromatic carbocycles. The Kier molecular flexibility index (Phi) is 4.67. The summed E-state index contributed by atoms with van der Waals surface area (Å²) in [5.74, 6) is -1.03. The van der Waals surface area contributed by atoms with Crippen molar-refractivity contribution in [3.63, 3.8) is 0 Å². The number of urea groups is 1. The van der Waals surface area contributed by atoms with Crippen molar-refractivity contribution < 1.29 is 19.8 Å². The third-order valence-corrected chi connectivity index (χ3v) is 2.59. The summed E-state index contributed by atoms with van der Waals surface area (Å²) in [6.45, 7) is 1.71. The minimum Gasteiger partial charge on any atom is -0.478 e. The average molecular weight is 252 g/mol.